The Morgan fingerprint density at radius 1 is 1.09 bits per heavy atom. The van der Waals surface area contributed by atoms with Crippen molar-refractivity contribution in [2.45, 2.75) is 58.0 Å². The Kier molecular flexibility index (Phi) is 4.67. The summed E-state index contributed by atoms with van der Waals surface area (Å²) in [6.07, 6.45) is 7.83. The molecule has 122 valence electrons. The summed E-state index contributed by atoms with van der Waals surface area (Å²) in [6, 6.07) is 10.0. The normalized spacial score (nSPS) is 17.2. The van der Waals surface area contributed by atoms with E-state index in [9.17, 15) is 4.79 Å². The summed E-state index contributed by atoms with van der Waals surface area (Å²) >= 11 is 0. The first kappa shape index (κ1) is 16.0. The Balaban J connectivity index is 1.96. The maximum Gasteiger partial charge on any atom is 0.255 e. The highest BCUT2D eigenvalue weighted by molar-refractivity contribution is 5.36. The number of hydrogen-bond donors (Lipinski definition) is 1. The summed E-state index contributed by atoms with van der Waals surface area (Å²) in [6.45, 7) is 4.17. The average molecular weight is 310 g/mol. The molecule has 3 heteroatoms. The lowest BCUT2D eigenvalue weighted by Gasteiger charge is -2.25. The highest BCUT2D eigenvalue weighted by atomic mass is 16.1. The Morgan fingerprint density at radius 2 is 1.83 bits per heavy atom. The minimum atomic E-state index is -0.363. The highest BCUT2D eigenvalue weighted by Gasteiger charge is 2.20. The largest absolute Gasteiger partial charge is 0.320 e. The van der Waals surface area contributed by atoms with Crippen molar-refractivity contribution >= 4 is 0 Å². The molecule has 1 atom stereocenters. The molecule has 1 aliphatic carbocycles. The monoisotopic (exact) mass is 310 g/mol. The van der Waals surface area contributed by atoms with E-state index in [1.165, 1.54) is 30.4 Å². The summed E-state index contributed by atoms with van der Waals surface area (Å²) in [7, 11) is 0. The number of pyridine rings is 1. The molecule has 0 aliphatic heterocycles. The zero-order valence-electron chi connectivity index (χ0n) is 14.1. The zero-order valence-corrected chi connectivity index (χ0v) is 14.1. The molecule has 0 amide bonds. The number of nitrogens with two attached hydrogens (primary N) is 1. The van der Waals surface area contributed by atoms with Crippen LogP contribution < -0.4 is 11.3 Å². The van der Waals surface area contributed by atoms with Gasteiger partial charge in [-0.25, -0.2) is 0 Å². The quantitative estimate of drug-likeness (QED) is 0.931. The van der Waals surface area contributed by atoms with Crippen molar-refractivity contribution in [1.82, 2.24) is 4.57 Å². The molecule has 2 N–H and O–H groups in total. The minimum Gasteiger partial charge on any atom is -0.320 e. The molecular formula is C20H26N2O. The van der Waals surface area contributed by atoms with E-state index in [0.717, 1.165) is 18.4 Å². The Hall–Kier alpha value is -1.87. The van der Waals surface area contributed by atoms with E-state index in [0.29, 0.717) is 11.6 Å². The molecule has 1 unspecified atom stereocenters. The fourth-order valence-electron chi connectivity index (χ4n) is 3.55. The first-order chi connectivity index (χ1) is 11.1. The topological polar surface area (TPSA) is 48.0 Å². The molecule has 0 spiro atoms. The van der Waals surface area contributed by atoms with Crippen LogP contribution in [0.4, 0.5) is 0 Å². The van der Waals surface area contributed by atoms with Crippen LogP contribution in [0.25, 0.3) is 0 Å². The van der Waals surface area contributed by atoms with Crippen molar-refractivity contribution in [2.75, 3.05) is 0 Å². The number of benzene rings is 1. The molecule has 1 heterocycles. The molecule has 1 saturated carbocycles. The lowest BCUT2D eigenvalue weighted by atomic mass is 9.94. The summed E-state index contributed by atoms with van der Waals surface area (Å²) in [4.78, 5) is 12.9. The van der Waals surface area contributed by atoms with Gasteiger partial charge in [0.1, 0.15) is 0 Å². The van der Waals surface area contributed by atoms with Crippen LogP contribution in [0.15, 0.2) is 41.3 Å². The first-order valence-electron chi connectivity index (χ1n) is 8.61. The second-order valence-electron chi connectivity index (χ2n) is 6.79. The molecule has 1 aromatic heterocycles. The molecule has 23 heavy (non-hydrogen) atoms. The summed E-state index contributed by atoms with van der Waals surface area (Å²) < 4.78 is 1.91. The van der Waals surface area contributed by atoms with Crippen molar-refractivity contribution in [3.8, 4) is 0 Å². The molecule has 1 aliphatic rings. The number of hydrogen-bond acceptors (Lipinski definition) is 2. The maximum atomic E-state index is 12.9. The van der Waals surface area contributed by atoms with E-state index in [2.05, 4.69) is 26.0 Å². The van der Waals surface area contributed by atoms with Gasteiger partial charge >= 0.3 is 0 Å². The zero-order chi connectivity index (χ0) is 16.4. The van der Waals surface area contributed by atoms with Gasteiger partial charge in [-0.05, 0) is 49.4 Å². The number of aryl methyl sites for hydroxylation is 2. The molecule has 0 bridgehead atoms. The Bertz CT molecular complexity index is 742. The third-order valence-corrected chi connectivity index (χ3v) is 5.20. The van der Waals surface area contributed by atoms with Gasteiger partial charge in [0.25, 0.3) is 5.56 Å². The SMILES string of the molecule is Cc1ccc(C(N)c2cccn(C3CCCCC3)c2=O)cc1C. The van der Waals surface area contributed by atoms with E-state index in [-0.39, 0.29) is 11.6 Å². The van der Waals surface area contributed by atoms with Crippen molar-refractivity contribution in [2.24, 2.45) is 5.73 Å². The molecular weight excluding hydrogens is 284 g/mol. The van der Waals surface area contributed by atoms with Crippen LogP contribution in [-0.2, 0) is 0 Å². The van der Waals surface area contributed by atoms with Crippen LogP contribution in [-0.4, -0.2) is 4.57 Å². The van der Waals surface area contributed by atoms with Gasteiger partial charge in [-0.2, -0.15) is 0 Å². The molecule has 0 radical (unpaired) electrons. The lowest BCUT2D eigenvalue weighted by molar-refractivity contribution is 0.345. The van der Waals surface area contributed by atoms with E-state index < -0.39 is 0 Å². The van der Waals surface area contributed by atoms with Gasteiger partial charge in [0.05, 0.1) is 6.04 Å². The van der Waals surface area contributed by atoms with Gasteiger partial charge in [0, 0.05) is 17.8 Å². The number of aromatic nitrogens is 1. The third-order valence-electron chi connectivity index (χ3n) is 5.20. The predicted octanol–water partition coefficient (Wildman–Crippen LogP) is 4.02. The molecule has 2 aromatic rings. The van der Waals surface area contributed by atoms with E-state index in [1.807, 2.05) is 29.0 Å². The molecule has 1 fully saturated rings. The third kappa shape index (κ3) is 3.25. The minimum absolute atomic E-state index is 0.0742. The van der Waals surface area contributed by atoms with Gasteiger partial charge < -0.3 is 10.3 Å². The van der Waals surface area contributed by atoms with E-state index in [4.69, 9.17) is 5.73 Å². The van der Waals surface area contributed by atoms with Crippen LogP contribution in [0.5, 0.6) is 0 Å². The standard InChI is InChI=1S/C20H26N2O/c1-14-10-11-16(13-15(14)2)19(21)18-9-6-12-22(20(18)23)17-7-4-3-5-8-17/h6,9-13,17,19H,3-5,7-8,21H2,1-2H3. The van der Waals surface area contributed by atoms with Gasteiger partial charge in [-0.1, -0.05) is 43.5 Å². The van der Waals surface area contributed by atoms with Crippen molar-refractivity contribution < 1.29 is 0 Å². The number of rotatable bonds is 3. The summed E-state index contributed by atoms with van der Waals surface area (Å²) in [5.74, 6) is 0. The van der Waals surface area contributed by atoms with Crippen molar-refractivity contribution in [1.29, 1.82) is 0 Å². The van der Waals surface area contributed by atoms with Crippen LogP contribution in [0.3, 0.4) is 0 Å². The molecule has 3 rings (SSSR count). The van der Waals surface area contributed by atoms with Gasteiger partial charge in [0.2, 0.25) is 0 Å². The van der Waals surface area contributed by atoms with E-state index >= 15 is 0 Å². The van der Waals surface area contributed by atoms with Gasteiger partial charge in [-0.3, -0.25) is 4.79 Å². The molecule has 1 aromatic carbocycles. The predicted molar refractivity (Wildman–Crippen MR) is 94.8 cm³/mol. The number of nitrogens with zero attached hydrogens (tertiary/aromatic N) is 1. The average Bonchev–Trinajstić information content (AvgIpc) is 2.58. The second kappa shape index (κ2) is 6.71. The fourth-order valence-corrected chi connectivity index (χ4v) is 3.55. The smallest absolute Gasteiger partial charge is 0.255 e. The molecule has 0 saturated heterocycles. The fraction of sp³-hybridized carbons (Fsp3) is 0.450. The maximum absolute atomic E-state index is 12.9. The second-order valence-corrected chi connectivity index (χ2v) is 6.79. The van der Waals surface area contributed by atoms with Crippen LogP contribution in [0.1, 0.15) is 66.4 Å². The summed E-state index contributed by atoms with van der Waals surface area (Å²) in [5.41, 5.74) is 10.7. The van der Waals surface area contributed by atoms with Gasteiger partial charge in [-0.15, -0.1) is 0 Å². The van der Waals surface area contributed by atoms with E-state index in [1.54, 1.807) is 0 Å². The van der Waals surface area contributed by atoms with Crippen LogP contribution in [0, 0.1) is 13.8 Å². The Labute approximate surface area is 138 Å². The molecule has 3 nitrogen and oxygen atoms in total. The first-order valence-corrected chi connectivity index (χ1v) is 8.61. The summed E-state index contributed by atoms with van der Waals surface area (Å²) in [5, 5.41) is 0. The van der Waals surface area contributed by atoms with Crippen molar-refractivity contribution in [3.63, 3.8) is 0 Å². The lowest BCUT2D eigenvalue weighted by Crippen LogP contribution is -2.31. The van der Waals surface area contributed by atoms with Crippen LogP contribution >= 0.6 is 0 Å². The Morgan fingerprint density at radius 3 is 2.52 bits per heavy atom. The van der Waals surface area contributed by atoms with Crippen molar-refractivity contribution in [3.05, 3.63) is 69.1 Å². The highest BCUT2D eigenvalue weighted by Crippen LogP contribution is 2.27. The van der Waals surface area contributed by atoms with Gasteiger partial charge in [0.15, 0.2) is 0 Å². The van der Waals surface area contributed by atoms with Crippen LogP contribution in [0.2, 0.25) is 0 Å².